The second-order valence-corrected chi connectivity index (χ2v) is 6.39. The maximum atomic E-state index is 11.9. The van der Waals surface area contributed by atoms with E-state index in [0.717, 1.165) is 11.3 Å². The van der Waals surface area contributed by atoms with Crippen LogP contribution < -0.4 is 14.9 Å². The van der Waals surface area contributed by atoms with E-state index in [1.54, 1.807) is 24.5 Å². The molecule has 0 saturated carbocycles. The number of nitrogens with zero attached hydrogens (tertiary/aromatic N) is 2. The zero-order valence-corrected chi connectivity index (χ0v) is 13.7. The summed E-state index contributed by atoms with van der Waals surface area (Å²) in [6.45, 7) is 5.37. The van der Waals surface area contributed by atoms with E-state index in [2.05, 4.69) is 29.4 Å². The lowest BCUT2D eigenvalue weighted by atomic mass is 9.97. The molecule has 0 spiro atoms. The first-order chi connectivity index (χ1) is 11.5. The van der Waals surface area contributed by atoms with E-state index in [0.29, 0.717) is 24.5 Å². The number of hydrazone groups is 1. The first kappa shape index (κ1) is 16.0. The monoisotopic (exact) mass is 325 g/mol. The predicted molar refractivity (Wildman–Crippen MR) is 90.5 cm³/mol. The van der Waals surface area contributed by atoms with Crippen LogP contribution >= 0.6 is 0 Å². The highest BCUT2D eigenvalue weighted by atomic mass is 16.5. The number of fused-ring (bicyclic) bond motifs is 1. The van der Waals surface area contributed by atoms with Gasteiger partial charge >= 0.3 is 0 Å². The van der Waals surface area contributed by atoms with E-state index in [9.17, 15) is 4.79 Å². The van der Waals surface area contributed by atoms with Crippen LogP contribution in [0.25, 0.3) is 0 Å². The molecule has 24 heavy (non-hydrogen) atoms. The standard InChI is InChI=1S/C18H19N3O3/c1-18(2)11-23-15-6-5-13(8-16(15)24-12-18)9-20-21-17(22)14-4-3-7-19-10-14/h3-10H,11-12H2,1-2H3,(H,21,22)/b20-9+. The van der Waals surface area contributed by atoms with Gasteiger partial charge in [0.1, 0.15) is 0 Å². The van der Waals surface area contributed by atoms with Gasteiger partial charge in [-0.05, 0) is 35.9 Å². The fourth-order valence-corrected chi connectivity index (χ4v) is 2.15. The van der Waals surface area contributed by atoms with E-state index in [1.807, 2.05) is 18.2 Å². The average Bonchev–Trinajstić information content (AvgIpc) is 2.74. The Morgan fingerprint density at radius 3 is 2.79 bits per heavy atom. The van der Waals surface area contributed by atoms with Crippen LogP contribution in [-0.4, -0.2) is 30.3 Å². The third-order valence-corrected chi connectivity index (χ3v) is 3.51. The molecule has 0 bridgehead atoms. The molecule has 0 aliphatic carbocycles. The maximum Gasteiger partial charge on any atom is 0.272 e. The van der Waals surface area contributed by atoms with Gasteiger partial charge in [-0.1, -0.05) is 13.8 Å². The van der Waals surface area contributed by atoms with Crippen molar-refractivity contribution in [1.82, 2.24) is 10.4 Å². The van der Waals surface area contributed by atoms with Crippen molar-refractivity contribution in [2.75, 3.05) is 13.2 Å². The largest absolute Gasteiger partial charge is 0.489 e. The molecule has 1 aromatic carbocycles. The van der Waals surface area contributed by atoms with E-state index >= 15 is 0 Å². The molecule has 2 heterocycles. The summed E-state index contributed by atoms with van der Waals surface area (Å²) in [5, 5.41) is 3.97. The topological polar surface area (TPSA) is 72.8 Å². The molecular weight excluding hydrogens is 306 g/mol. The van der Waals surface area contributed by atoms with Crippen LogP contribution in [0.15, 0.2) is 47.8 Å². The van der Waals surface area contributed by atoms with E-state index < -0.39 is 0 Å². The van der Waals surface area contributed by atoms with Crippen LogP contribution in [0.4, 0.5) is 0 Å². The van der Waals surface area contributed by atoms with Gasteiger partial charge < -0.3 is 9.47 Å². The van der Waals surface area contributed by atoms with Gasteiger partial charge in [0.15, 0.2) is 11.5 Å². The summed E-state index contributed by atoms with van der Waals surface area (Å²) in [4.78, 5) is 15.8. The molecule has 0 saturated heterocycles. The molecule has 1 aliphatic heterocycles. The highest BCUT2D eigenvalue weighted by molar-refractivity contribution is 5.94. The van der Waals surface area contributed by atoms with Crippen molar-refractivity contribution in [2.24, 2.45) is 10.5 Å². The van der Waals surface area contributed by atoms with Crippen LogP contribution in [0.5, 0.6) is 11.5 Å². The fraction of sp³-hybridized carbons (Fsp3) is 0.278. The average molecular weight is 325 g/mol. The van der Waals surface area contributed by atoms with Gasteiger partial charge in [-0.15, -0.1) is 0 Å². The third kappa shape index (κ3) is 3.90. The normalized spacial score (nSPS) is 15.8. The van der Waals surface area contributed by atoms with Gasteiger partial charge in [-0.2, -0.15) is 5.10 Å². The number of rotatable bonds is 3. The number of hydrogen-bond donors (Lipinski definition) is 1. The number of carbonyl (C=O) groups is 1. The molecule has 6 nitrogen and oxygen atoms in total. The highest BCUT2D eigenvalue weighted by Gasteiger charge is 2.25. The summed E-state index contributed by atoms with van der Waals surface area (Å²) in [5.41, 5.74) is 3.70. The summed E-state index contributed by atoms with van der Waals surface area (Å²) in [6, 6.07) is 8.93. The molecule has 1 aromatic heterocycles. The van der Waals surface area contributed by atoms with E-state index in [1.165, 1.54) is 6.20 Å². The molecule has 0 atom stereocenters. The van der Waals surface area contributed by atoms with Crippen molar-refractivity contribution >= 4 is 12.1 Å². The summed E-state index contributed by atoms with van der Waals surface area (Å²) in [5.74, 6) is 1.09. The second-order valence-electron chi connectivity index (χ2n) is 6.39. The number of pyridine rings is 1. The summed E-state index contributed by atoms with van der Waals surface area (Å²) in [7, 11) is 0. The lowest BCUT2D eigenvalue weighted by Crippen LogP contribution is -2.26. The maximum absolute atomic E-state index is 11.9. The van der Waals surface area contributed by atoms with Gasteiger partial charge in [0.2, 0.25) is 0 Å². The minimum absolute atomic E-state index is 0.0367. The van der Waals surface area contributed by atoms with Crippen molar-refractivity contribution in [1.29, 1.82) is 0 Å². The number of amides is 1. The van der Waals surface area contributed by atoms with Crippen molar-refractivity contribution < 1.29 is 14.3 Å². The Bertz CT molecular complexity index is 757. The molecule has 2 aromatic rings. The number of aromatic nitrogens is 1. The minimum atomic E-state index is -0.310. The van der Waals surface area contributed by atoms with Crippen LogP contribution in [-0.2, 0) is 0 Å². The van der Waals surface area contributed by atoms with Crippen molar-refractivity contribution in [3.63, 3.8) is 0 Å². The Hall–Kier alpha value is -2.89. The van der Waals surface area contributed by atoms with Crippen LogP contribution in [0.1, 0.15) is 29.8 Å². The van der Waals surface area contributed by atoms with Crippen molar-refractivity contribution in [3.8, 4) is 11.5 Å². The molecule has 124 valence electrons. The molecule has 0 radical (unpaired) electrons. The lowest BCUT2D eigenvalue weighted by molar-refractivity contribution is 0.0955. The van der Waals surface area contributed by atoms with Crippen LogP contribution in [0, 0.1) is 5.41 Å². The molecule has 1 N–H and O–H groups in total. The third-order valence-electron chi connectivity index (χ3n) is 3.51. The number of nitrogens with one attached hydrogen (secondary N) is 1. The van der Waals surface area contributed by atoms with Crippen LogP contribution in [0.2, 0.25) is 0 Å². The smallest absolute Gasteiger partial charge is 0.272 e. The molecule has 3 rings (SSSR count). The molecular formula is C18H19N3O3. The number of hydrogen-bond acceptors (Lipinski definition) is 5. The SMILES string of the molecule is CC1(C)COc2ccc(/C=N/NC(=O)c3cccnc3)cc2OC1. The second kappa shape index (κ2) is 6.70. The Labute approximate surface area is 140 Å². The molecule has 1 aliphatic rings. The Morgan fingerprint density at radius 2 is 2.04 bits per heavy atom. The Kier molecular flexibility index (Phi) is 4.46. The van der Waals surface area contributed by atoms with Gasteiger partial charge in [0.05, 0.1) is 25.0 Å². The van der Waals surface area contributed by atoms with E-state index in [-0.39, 0.29) is 11.3 Å². The number of benzene rings is 1. The summed E-state index contributed by atoms with van der Waals surface area (Å²) >= 11 is 0. The van der Waals surface area contributed by atoms with Crippen molar-refractivity contribution in [2.45, 2.75) is 13.8 Å². The Morgan fingerprint density at radius 1 is 1.25 bits per heavy atom. The van der Waals surface area contributed by atoms with Gasteiger partial charge in [0.25, 0.3) is 5.91 Å². The van der Waals surface area contributed by atoms with Gasteiger partial charge in [-0.25, -0.2) is 5.43 Å². The zero-order chi connectivity index (χ0) is 17.0. The molecule has 6 heteroatoms. The quantitative estimate of drug-likeness (QED) is 0.695. The summed E-state index contributed by atoms with van der Waals surface area (Å²) in [6.07, 6.45) is 4.66. The molecule has 0 unspecified atom stereocenters. The first-order valence-electron chi connectivity index (χ1n) is 7.67. The number of ether oxygens (including phenoxy) is 2. The Balaban J connectivity index is 1.66. The van der Waals surface area contributed by atoms with Crippen molar-refractivity contribution in [3.05, 3.63) is 53.9 Å². The first-order valence-corrected chi connectivity index (χ1v) is 7.67. The van der Waals surface area contributed by atoms with Gasteiger partial charge in [0, 0.05) is 17.8 Å². The predicted octanol–water partition coefficient (Wildman–Crippen LogP) is 2.64. The fourth-order valence-electron chi connectivity index (χ4n) is 2.15. The van der Waals surface area contributed by atoms with Gasteiger partial charge in [-0.3, -0.25) is 9.78 Å². The summed E-state index contributed by atoms with van der Waals surface area (Å²) < 4.78 is 11.6. The van der Waals surface area contributed by atoms with Crippen LogP contribution in [0.3, 0.4) is 0 Å². The minimum Gasteiger partial charge on any atom is -0.489 e. The van der Waals surface area contributed by atoms with E-state index in [4.69, 9.17) is 9.47 Å². The zero-order valence-electron chi connectivity index (χ0n) is 13.7. The molecule has 1 amide bonds. The number of carbonyl (C=O) groups excluding carboxylic acids is 1. The lowest BCUT2D eigenvalue weighted by Gasteiger charge is -2.19. The molecule has 0 fully saturated rings. The highest BCUT2D eigenvalue weighted by Crippen LogP contribution is 2.33.